The Morgan fingerprint density at radius 1 is 0.318 bits per heavy atom. The summed E-state index contributed by atoms with van der Waals surface area (Å²) >= 11 is 0. The highest BCUT2D eigenvalue weighted by molar-refractivity contribution is 6.06. The van der Waals surface area contributed by atoms with Crippen LogP contribution in [0.15, 0.2) is 158 Å². The molecule has 0 spiro atoms. The van der Waals surface area contributed by atoms with E-state index in [9.17, 15) is 0 Å². The minimum atomic E-state index is 0.632. The van der Waals surface area contributed by atoms with Gasteiger partial charge in [0.05, 0.1) is 5.52 Å². The van der Waals surface area contributed by atoms with Gasteiger partial charge in [0.25, 0.3) is 0 Å². The molecule has 0 atom stereocenters. The minimum Gasteiger partial charge on any atom is -0.256 e. The summed E-state index contributed by atoms with van der Waals surface area (Å²) in [6.45, 7) is 0. The van der Waals surface area contributed by atoms with E-state index in [1.807, 2.05) is 48.7 Å². The highest BCUT2D eigenvalue weighted by Gasteiger charge is 2.14. The Balaban J connectivity index is 1.21. The van der Waals surface area contributed by atoms with Crippen molar-refractivity contribution in [3.05, 3.63) is 158 Å². The van der Waals surface area contributed by atoms with Gasteiger partial charge in [-0.1, -0.05) is 140 Å². The van der Waals surface area contributed by atoms with Crippen LogP contribution in [0.2, 0.25) is 0 Å². The molecule has 0 radical (unpaired) electrons. The molecule has 0 N–H and O–H groups in total. The normalized spacial score (nSPS) is 11.2. The van der Waals surface area contributed by atoms with E-state index in [0.717, 1.165) is 49.7 Å². The highest BCUT2D eigenvalue weighted by Crippen LogP contribution is 2.32. The third-order valence-corrected chi connectivity index (χ3v) is 7.96. The Hall–Kier alpha value is -6.00. The van der Waals surface area contributed by atoms with Crippen LogP contribution in [0.1, 0.15) is 0 Å². The summed E-state index contributed by atoms with van der Waals surface area (Å²) < 4.78 is 0. The molecule has 0 aliphatic rings. The van der Waals surface area contributed by atoms with E-state index < -0.39 is 0 Å². The lowest BCUT2D eigenvalue weighted by Gasteiger charge is -2.11. The Bertz CT molecular complexity index is 2260. The summed E-state index contributed by atoms with van der Waals surface area (Å²) in [5, 5.41) is 3.50. The van der Waals surface area contributed by atoms with Gasteiger partial charge in [-0.05, 0) is 39.8 Å². The zero-order valence-electron chi connectivity index (χ0n) is 23.8. The molecule has 44 heavy (non-hydrogen) atoms. The molecule has 4 nitrogen and oxygen atoms in total. The molecular weight excluding hydrogens is 536 g/mol. The first-order valence-electron chi connectivity index (χ1n) is 14.6. The zero-order chi connectivity index (χ0) is 29.3. The number of fused-ring (bicyclic) bond motifs is 3. The van der Waals surface area contributed by atoms with Crippen LogP contribution in [0.3, 0.4) is 0 Å². The van der Waals surface area contributed by atoms with Crippen molar-refractivity contribution < 1.29 is 0 Å². The summed E-state index contributed by atoms with van der Waals surface area (Å²) in [5.41, 5.74) is 8.28. The smallest absolute Gasteiger partial charge is 0.164 e. The van der Waals surface area contributed by atoms with Gasteiger partial charge in [0.15, 0.2) is 17.5 Å². The largest absolute Gasteiger partial charge is 0.256 e. The Kier molecular flexibility index (Phi) is 6.43. The number of aromatic nitrogens is 4. The van der Waals surface area contributed by atoms with E-state index in [1.54, 1.807) is 0 Å². The van der Waals surface area contributed by atoms with Crippen molar-refractivity contribution in [3.63, 3.8) is 0 Å². The average molecular weight is 563 g/mol. The molecule has 0 fully saturated rings. The summed E-state index contributed by atoms with van der Waals surface area (Å²) in [4.78, 5) is 19.6. The van der Waals surface area contributed by atoms with E-state index in [4.69, 9.17) is 19.9 Å². The first-order valence-corrected chi connectivity index (χ1v) is 14.6. The molecule has 206 valence electrons. The molecule has 0 saturated carbocycles. The van der Waals surface area contributed by atoms with Crippen molar-refractivity contribution in [2.45, 2.75) is 0 Å². The molecule has 2 heterocycles. The molecule has 0 saturated heterocycles. The lowest BCUT2D eigenvalue weighted by Crippen LogP contribution is -2.00. The Labute approximate surface area is 255 Å². The maximum absolute atomic E-state index is 4.99. The van der Waals surface area contributed by atoms with Crippen LogP contribution in [0.25, 0.3) is 78.1 Å². The van der Waals surface area contributed by atoms with E-state index >= 15 is 0 Å². The summed E-state index contributed by atoms with van der Waals surface area (Å²) in [5.74, 6) is 1.92. The van der Waals surface area contributed by atoms with E-state index in [1.165, 1.54) is 10.9 Å². The maximum Gasteiger partial charge on any atom is 0.164 e. The summed E-state index contributed by atoms with van der Waals surface area (Å²) in [7, 11) is 0. The second-order valence-electron chi connectivity index (χ2n) is 10.8. The van der Waals surface area contributed by atoms with Crippen molar-refractivity contribution in [2.24, 2.45) is 0 Å². The lowest BCUT2D eigenvalue weighted by atomic mass is 9.99. The maximum atomic E-state index is 4.99. The Morgan fingerprint density at radius 3 is 1.57 bits per heavy atom. The van der Waals surface area contributed by atoms with Crippen LogP contribution in [0.5, 0.6) is 0 Å². The molecule has 8 aromatic rings. The van der Waals surface area contributed by atoms with Crippen LogP contribution < -0.4 is 0 Å². The third kappa shape index (κ3) is 4.89. The van der Waals surface area contributed by atoms with Crippen LogP contribution in [0.4, 0.5) is 0 Å². The van der Waals surface area contributed by atoms with Crippen LogP contribution in [-0.4, -0.2) is 19.9 Å². The number of pyridine rings is 1. The van der Waals surface area contributed by atoms with Crippen molar-refractivity contribution in [1.29, 1.82) is 0 Å². The van der Waals surface area contributed by atoms with Gasteiger partial charge in [0.2, 0.25) is 0 Å². The second kappa shape index (κ2) is 11.0. The predicted molar refractivity (Wildman–Crippen MR) is 180 cm³/mol. The number of hydrogen-bond donors (Lipinski definition) is 0. The fourth-order valence-corrected chi connectivity index (χ4v) is 5.67. The average Bonchev–Trinajstić information content (AvgIpc) is 3.12. The first kappa shape index (κ1) is 25.7. The molecular formula is C40H26N4. The van der Waals surface area contributed by atoms with Gasteiger partial charge in [0.1, 0.15) is 0 Å². The summed E-state index contributed by atoms with van der Waals surface area (Å²) in [6.07, 6.45) is 1.95. The monoisotopic (exact) mass is 562 g/mol. The zero-order valence-corrected chi connectivity index (χ0v) is 23.8. The van der Waals surface area contributed by atoms with Crippen LogP contribution >= 0.6 is 0 Å². The fourth-order valence-electron chi connectivity index (χ4n) is 5.67. The molecule has 2 aromatic heterocycles. The summed E-state index contributed by atoms with van der Waals surface area (Å²) in [6, 6.07) is 52.1. The topological polar surface area (TPSA) is 51.6 Å². The van der Waals surface area contributed by atoms with Gasteiger partial charge in [-0.15, -0.1) is 0 Å². The molecule has 0 aliphatic heterocycles. The Morgan fingerprint density at radius 2 is 0.818 bits per heavy atom. The number of hydrogen-bond acceptors (Lipinski definition) is 4. The predicted octanol–water partition coefficient (Wildman–Crippen LogP) is 9.91. The SMILES string of the molecule is c1ccc(-c2ccc(-c3nc(-c4ccccc4)nc(-c4cccc(-c5ccc6c(c5)ncc5ccccc56)c4)n3)cc2)cc1. The van der Waals surface area contributed by atoms with Gasteiger partial charge in [-0.2, -0.15) is 0 Å². The second-order valence-corrected chi connectivity index (χ2v) is 10.8. The number of benzene rings is 6. The minimum absolute atomic E-state index is 0.632. The van der Waals surface area contributed by atoms with Crippen molar-refractivity contribution in [3.8, 4) is 56.4 Å². The van der Waals surface area contributed by atoms with Gasteiger partial charge in [-0.25, -0.2) is 15.0 Å². The molecule has 4 heteroatoms. The van der Waals surface area contributed by atoms with Crippen molar-refractivity contribution >= 4 is 21.7 Å². The molecule has 0 bridgehead atoms. The van der Waals surface area contributed by atoms with Crippen molar-refractivity contribution in [1.82, 2.24) is 19.9 Å². The molecule has 6 aromatic carbocycles. The number of nitrogens with zero attached hydrogens (tertiary/aromatic N) is 4. The van der Waals surface area contributed by atoms with E-state index in [0.29, 0.717) is 17.5 Å². The van der Waals surface area contributed by atoms with E-state index in [2.05, 4.69) is 109 Å². The van der Waals surface area contributed by atoms with Gasteiger partial charge < -0.3 is 0 Å². The fraction of sp³-hybridized carbons (Fsp3) is 0. The lowest BCUT2D eigenvalue weighted by molar-refractivity contribution is 1.07. The van der Waals surface area contributed by atoms with Gasteiger partial charge in [-0.3, -0.25) is 4.98 Å². The quantitative estimate of drug-likeness (QED) is 0.196. The first-order chi connectivity index (χ1) is 21.8. The highest BCUT2D eigenvalue weighted by atomic mass is 15.0. The molecule has 0 unspecified atom stereocenters. The number of rotatable bonds is 5. The van der Waals surface area contributed by atoms with Gasteiger partial charge >= 0.3 is 0 Å². The van der Waals surface area contributed by atoms with Crippen LogP contribution in [-0.2, 0) is 0 Å². The molecule has 8 rings (SSSR count). The molecule has 0 amide bonds. The molecule has 0 aliphatic carbocycles. The van der Waals surface area contributed by atoms with Crippen LogP contribution in [0, 0.1) is 0 Å². The van der Waals surface area contributed by atoms with E-state index in [-0.39, 0.29) is 0 Å². The standard InChI is InChI=1S/C40H26N4/c1-3-10-27(11-4-1)28-18-20-30(21-19-28)39-42-38(29-12-5-2-6-13-29)43-40(44-39)33-16-9-15-31(24-33)32-22-23-36-35-17-8-7-14-34(35)26-41-37(36)25-32/h1-26H. The third-order valence-electron chi connectivity index (χ3n) is 7.96. The van der Waals surface area contributed by atoms with Gasteiger partial charge in [0, 0.05) is 33.7 Å². The van der Waals surface area contributed by atoms with Crippen molar-refractivity contribution in [2.75, 3.05) is 0 Å².